The normalized spacial score (nSPS) is 19.7. The van der Waals surface area contributed by atoms with Gasteiger partial charge in [0.05, 0.1) is 18.2 Å². The molecule has 34 heavy (non-hydrogen) atoms. The molecule has 2 aromatic rings. The van der Waals surface area contributed by atoms with Gasteiger partial charge in [-0.1, -0.05) is 12.2 Å². The highest BCUT2D eigenvalue weighted by Crippen LogP contribution is 2.30. The van der Waals surface area contributed by atoms with Crippen LogP contribution in [0.1, 0.15) is 47.9 Å². The number of methoxy groups -OCH3 is 1. The van der Waals surface area contributed by atoms with Gasteiger partial charge >= 0.3 is 0 Å². The van der Waals surface area contributed by atoms with Crippen LogP contribution < -0.4 is 10.5 Å². The number of carbonyl (C=O) groups excluding carboxylic acids is 3. The van der Waals surface area contributed by atoms with E-state index in [-0.39, 0.29) is 29.4 Å². The van der Waals surface area contributed by atoms with Crippen LogP contribution in [-0.2, 0) is 4.79 Å². The molecule has 1 unspecified atom stereocenters. The summed E-state index contributed by atoms with van der Waals surface area (Å²) in [4.78, 5) is 44.2. The van der Waals surface area contributed by atoms with Crippen LogP contribution in [0.3, 0.4) is 0 Å². The molecule has 1 fully saturated rings. The van der Waals surface area contributed by atoms with E-state index in [2.05, 4.69) is 16.8 Å². The summed E-state index contributed by atoms with van der Waals surface area (Å²) in [6.07, 6.45) is 6.81. The van der Waals surface area contributed by atoms with Gasteiger partial charge in [0, 0.05) is 54.9 Å². The molecule has 1 aliphatic rings. The number of hydrogen-bond donors (Lipinski definition) is 2. The molecule has 3 rings (SSSR count). The number of hydrogen-bond acceptors (Lipinski definition) is 5. The van der Waals surface area contributed by atoms with Gasteiger partial charge in [0.25, 0.3) is 17.6 Å². The number of amides is 2. The molecule has 9 heteroatoms. The maximum Gasteiger partial charge on any atom is 0.289 e. The number of primary amides is 1. The van der Waals surface area contributed by atoms with E-state index in [9.17, 15) is 18.8 Å². The Morgan fingerprint density at radius 1 is 1.21 bits per heavy atom. The second kappa shape index (κ2) is 10.6. The summed E-state index contributed by atoms with van der Waals surface area (Å²) in [5.41, 5.74) is 6.16. The van der Waals surface area contributed by atoms with Crippen molar-refractivity contribution in [2.75, 3.05) is 26.7 Å². The zero-order valence-corrected chi connectivity index (χ0v) is 19.9. The molecule has 0 radical (unpaired) electrons. The van der Waals surface area contributed by atoms with Crippen molar-refractivity contribution in [1.82, 2.24) is 14.8 Å². The van der Waals surface area contributed by atoms with Crippen molar-refractivity contribution in [3.05, 3.63) is 53.5 Å². The molecule has 0 bridgehead atoms. The number of nitrogens with two attached hydrogens (primary N) is 1. The van der Waals surface area contributed by atoms with E-state index >= 15 is 0 Å². The van der Waals surface area contributed by atoms with Crippen LogP contribution >= 0.6 is 0 Å². The molecule has 1 aliphatic heterocycles. The highest BCUT2D eigenvalue weighted by Gasteiger charge is 2.33. The molecule has 0 saturated carbocycles. The summed E-state index contributed by atoms with van der Waals surface area (Å²) >= 11 is 0. The largest absolute Gasteiger partial charge is 0.496 e. The number of H-pyrrole nitrogens is 1. The molecular formula is C25H31FN4O4. The first-order valence-electron chi connectivity index (χ1n) is 11.2. The lowest BCUT2D eigenvalue weighted by Crippen LogP contribution is -2.58. The van der Waals surface area contributed by atoms with Gasteiger partial charge in [-0.25, -0.2) is 4.39 Å². The van der Waals surface area contributed by atoms with Gasteiger partial charge in [-0.15, -0.1) is 0 Å². The van der Waals surface area contributed by atoms with Gasteiger partial charge in [0.15, 0.2) is 0 Å². The average Bonchev–Trinajstić information content (AvgIpc) is 3.24. The van der Waals surface area contributed by atoms with Gasteiger partial charge in [-0.05, 0) is 39.3 Å². The van der Waals surface area contributed by atoms with E-state index in [1.165, 1.54) is 25.5 Å². The fraction of sp³-hybridized carbons (Fsp3) is 0.400. The lowest BCUT2D eigenvalue weighted by molar-refractivity contribution is -0.114. The minimum atomic E-state index is -1.06. The van der Waals surface area contributed by atoms with E-state index < -0.39 is 11.7 Å². The van der Waals surface area contributed by atoms with Crippen molar-refractivity contribution >= 4 is 28.5 Å². The number of allylic oxidation sites excluding steroid dienone is 3. The van der Waals surface area contributed by atoms with Crippen LogP contribution in [0.4, 0.5) is 4.39 Å². The molecule has 0 spiro atoms. The van der Waals surface area contributed by atoms with E-state index in [0.29, 0.717) is 41.7 Å². The number of ketones is 1. The number of fused-ring (bicyclic) bond motifs is 1. The number of aromatic nitrogens is 1. The van der Waals surface area contributed by atoms with Crippen LogP contribution in [-0.4, -0.2) is 71.2 Å². The molecule has 3 N–H and O–H groups in total. The maximum absolute atomic E-state index is 13.6. The number of ether oxygens (including phenoxy) is 1. The molecule has 1 aromatic carbocycles. The van der Waals surface area contributed by atoms with Gasteiger partial charge in [-0.2, -0.15) is 0 Å². The van der Waals surface area contributed by atoms with Crippen LogP contribution in [0.2, 0.25) is 0 Å². The molecule has 2 heterocycles. The zero-order valence-electron chi connectivity index (χ0n) is 19.9. The van der Waals surface area contributed by atoms with Gasteiger partial charge in [-0.3, -0.25) is 19.3 Å². The second-order valence-electron chi connectivity index (χ2n) is 8.51. The van der Waals surface area contributed by atoms with Crippen molar-refractivity contribution < 1.29 is 23.5 Å². The van der Waals surface area contributed by atoms with Gasteiger partial charge in [0.1, 0.15) is 11.6 Å². The summed E-state index contributed by atoms with van der Waals surface area (Å²) in [6, 6.07) is 3.25. The minimum absolute atomic E-state index is 0.0710. The van der Waals surface area contributed by atoms with Crippen LogP contribution in [0.5, 0.6) is 5.75 Å². The van der Waals surface area contributed by atoms with Crippen molar-refractivity contribution in [1.29, 1.82) is 0 Å². The molecule has 2 amide bonds. The number of nitrogens with zero attached hydrogens (tertiary/aromatic N) is 2. The number of aromatic amines is 1. The molecule has 8 nitrogen and oxygen atoms in total. The summed E-state index contributed by atoms with van der Waals surface area (Å²) in [7, 11) is 1.48. The maximum atomic E-state index is 13.6. The highest BCUT2D eigenvalue weighted by atomic mass is 19.1. The van der Waals surface area contributed by atoms with Crippen molar-refractivity contribution in [3.63, 3.8) is 0 Å². The molecular weight excluding hydrogens is 439 g/mol. The number of Topliss-reactive ketones (excluding diaryl/α,β-unsaturated/α-hetero) is 1. The first kappa shape index (κ1) is 25.2. The number of carbonyl (C=O) groups is 3. The van der Waals surface area contributed by atoms with E-state index in [4.69, 9.17) is 10.5 Å². The molecule has 1 saturated heterocycles. The monoisotopic (exact) mass is 470 g/mol. The first-order valence-corrected chi connectivity index (χ1v) is 11.2. The van der Waals surface area contributed by atoms with Crippen molar-refractivity contribution in [2.45, 2.75) is 39.3 Å². The Morgan fingerprint density at radius 2 is 1.94 bits per heavy atom. The van der Waals surface area contributed by atoms with Crippen molar-refractivity contribution in [3.8, 4) is 5.75 Å². The molecule has 1 aromatic heterocycles. The van der Waals surface area contributed by atoms with E-state index in [1.54, 1.807) is 24.0 Å². The molecule has 2 atom stereocenters. The number of halogens is 1. The van der Waals surface area contributed by atoms with E-state index in [0.717, 1.165) is 6.54 Å². The number of benzene rings is 1. The quantitative estimate of drug-likeness (QED) is 0.350. The summed E-state index contributed by atoms with van der Waals surface area (Å²) in [5, 5.41) is 0.437. The first-order chi connectivity index (χ1) is 16.2. The Bertz CT molecular complexity index is 1150. The predicted molar refractivity (Wildman–Crippen MR) is 129 cm³/mol. The molecule has 0 aliphatic carbocycles. The Labute approximate surface area is 198 Å². The average molecular weight is 471 g/mol. The third kappa shape index (κ3) is 5.20. The zero-order chi connectivity index (χ0) is 25.0. The Hall–Kier alpha value is -3.46. The highest BCUT2D eigenvalue weighted by molar-refractivity contribution is 6.44. The Balaban J connectivity index is 1.81. The van der Waals surface area contributed by atoms with Gasteiger partial charge < -0.3 is 20.4 Å². The summed E-state index contributed by atoms with van der Waals surface area (Å²) < 4.78 is 18.7. The van der Waals surface area contributed by atoms with Crippen LogP contribution in [0, 0.1) is 0 Å². The summed E-state index contributed by atoms with van der Waals surface area (Å²) in [5.74, 6) is -1.99. The molecule has 182 valence electrons. The number of nitrogens with one attached hydrogen (secondary N) is 1. The number of piperazine rings is 1. The predicted octanol–water partition coefficient (Wildman–Crippen LogP) is 3.20. The lowest BCUT2D eigenvalue weighted by atomic mass is 10.0. The number of rotatable bonds is 8. The minimum Gasteiger partial charge on any atom is -0.496 e. The van der Waals surface area contributed by atoms with Crippen LogP contribution in [0.25, 0.3) is 10.9 Å². The lowest BCUT2D eigenvalue weighted by Gasteiger charge is -2.44. The second-order valence-corrected chi connectivity index (χ2v) is 8.51. The Kier molecular flexibility index (Phi) is 7.88. The smallest absolute Gasteiger partial charge is 0.289 e. The van der Waals surface area contributed by atoms with E-state index in [1.807, 2.05) is 13.0 Å². The fourth-order valence-electron chi connectivity index (χ4n) is 4.29. The fourth-order valence-corrected chi connectivity index (χ4v) is 4.29. The van der Waals surface area contributed by atoms with Gasteiger partial charge in [0.2, 0.25) is 0 Å². The Morgan fingerprint density at radius 3 is 2.59 bits per heavy atom. The topological polar surface area (TPSA) is 109 Å². The third-order valence-corrected chi connectivity index (χ3v) is 6.21. The van der Waals surface area contributed by atoms with Crippen molar-refractivity contribution in [2.24, 2.45) is 5.73 Å². The summed E-state index contributed by atoms with van der Waals surface area (Å²) in [6.45, 7) is 7.63. The van der Waals surface area contributed by atoms with Crippen LogP contribution in [0.15, 0.2) is 42.4 Å². The standard InChI is InChI=1S/C25H31FN4O4/c1-5-17(26)8-6-7-9-29-13-16(3)30(14-15(29)2)25(33)19-10-18-20(23(31)24(27)32)12-28-21(18)11-22(19)34-4/h5-6,8,10-12,15-16,28H,7,9,13-14H2,1-4H3,(H2,27,32)/b8-6-,17-5+/t15-,16?/m0/s1. The third-order valence-electron chi connectivity index (χ3n) is 6.21. The SMILES string of the molecule is C/C=C(F)\C=C/CCN1CC(C)N(C(=O)c2cc3c(C(=O)C(N)=O)c[nH]c3cc2OC)C[C@@H]1C.